The summed E-state index contributed by atoms with van der Waals surface area (Å²) in [6.45, 7) is 10.2. The maximum Gasteiger partial charge on any atom is 0.193 e. The first kappa shape index (κ1) is 20.5. The first-order valence-electron chi connectivity index (χ1n) is 10.4. The van der Waals surface area contributed by atoms with Crippen molar-refractivity contribution in [1.29, 1.82) is 0 Å². The van der Waals surface area contributed by atoms with E-state index in [1.165, 1.54) is 25.7 Å². The molecule has 2 aliphatic rings. The molecule has 25 heavy (non-hydrogen) atoms. The van der Waals surface area contributed by atoms with Gasteiger partial charge in [0.25, 0.3) is 0 Å². The molecule has 5 nitrogen and oxygen atoms in total. The predicted octanol–water partition coefficient (Wildman–Crippen LogP) is 3.30. The number of guanidine groups is 1. The molecular formula is C20H39N3O2. The highest BCUT2D eigenvalue weighted by Crippen LogP contribution is 2.28. The van der Waals surface area contributed by atoms with Crippen LogP contribution in [0.4, 0.5) is 0 Å². The lowest BCUT2D eigenvalue weighted by atomic mass is 9.83. The number of nitrogens with one attached hydrogen (secondary N) is 1. The van der Waals surface area contributed by atoms with Crippen molar-refractivity contribution < 1.29 is 9.47 Å². The molecule has 0 aromatic carbocycles. The van der Waals surface area contributed by atoms with Gasteiger partial charge in [-0.2, -0.15) is 0 Å². The smallest absolute Gasteiger partial charge is 0.193 e. The molecule has 0 aromatic rings. The second-order valence-electron chi connectivity index (χ2n) is 7.72. The Morgan fingerprint density at radius 3 is 2.44 bits per heavy atom. The van der Waals surface area contributed by atoms with Gasteiger partial charge in [-0.05, 0) is 50.9 Å². The highest BCUT2D eigenvalue weighted by molar-refractivity contribution is 5.80. The molecular weight excluding hydrogens is 314 g/mol. The molecule has 0 atom stereocenters. The molecule has 0 unspecified atom stereocenters. The lowest BCUT2D eigenvalue weighted by Crippen LogP contribution is -2.47. The zero-order valence-electron chi connectivity index (χ0n) is 16.6. The van der Waals surface area contributed by atoms with Crippen molar-refractivity contribution >= 4 is 5.96 Å². The van der Waals surface area contributed by atoms with Gasteiger partial charge in [0.05, 0.1) is 6.10 Å². The maximum atomic E-state index is 5.97. The minimum atomic E-state index is 0.399. The fourth-order valence-corrected chi connectivity index (χ4v) is 3.84. The van der Waals surface area contributed by atoms with E-state index in [2.05, 4.69) is 24.1 Å². The van der Waals surface area contributed by atoms with Crippen molar-refractivity contribution in [2.45, 2.75) is 64.9 Å². The van der Waals surface area contributed by atoms with Crippen LogP contribution in [0.5, 0.6) is 0 Å². The number of methoxy groups -OCH3 is 1. The molecule has 0 radical (unpaired) electrons. The number of hydrogen-bond acceptors (Lipinski definition) is 3. The van der Waals surface area contributed by atoms with Crippen molar-refractivity contribution in [3.63, 3.8) is 0 Å². The van der Waals surface area contributed by atoms with Crippen LogP contribution in [0.3, 0.4) is 0 Å². The summed E-state index contributed by atoms with van der Waals surface area (Å²) in [7, 11) is 1.74. The number of rotatable bonds is 8. The van der Waals surface area contributed by atoms with Gasteiger partial charge in [-0.3, -0.25) is 4.99 Å². The summed E-state index contributed by atoms with van der Waals surface area (Å²) in [5.41, 5.74) is 0. The normalized spacial score (nSPS) is 26.0. The van der Waals surface area contributed by atoms with Gasteiger partial charge in [-0.15, -0.1) is 0 Å². The predicted molar refractivity (Wildman–Crippen MR) is 104 cm³/mol. The Morgan fingerprint density at radius 1 is 1.08 bits per heavy atom. The van der Waals surface area contributed by atoms with Crippen LogP contribution >= 0.6 is 0 Å². The SMILES string of the molecule is CCNC(=NCC1CCC(C)CC1)N1CCC(OCCCOC)CC1. The number of ether oxygens (including phenoxy) is 2. The zero-order chi connectivity index (χ0) is 17.9. The third kappa shape index (κ3) is 7.53. The summed E-state index contributed by atoms with van der Waals surface area (Å²) >= 11 is 0. The Bertz CT molecular complexity index is 373. The average molecular weight is 354 g/mol. The van der Waals surface area contributed by atoms with Crippen LogP contribution in [-0.4, -0.2) is 63.5 Å². The molecule has 146 valence electrons. The molecule has 1 N–H and O–H groups in total. The topological polar surface area (TPSA) is 46.1 Å². The van der Waals surface area contributed by atoms with Gasteiger partial charge in [0.15, 0.2) is 5.96 Å². The summed E-state index contributed by atoms with van der Waals surface area (Å²) in [5.74, 6) is 2.81. The van der Waals surface area contributed by atoms with Gasteiger partial charge in [-0.1, -0.05) is 19.8 Å². The Kier molecular flexibility index (Phi) is 9.63. The van der Waals surface area contributed by atoms with E-state index in [1.807, 2.05) is 0 Å². The molecule has 5 heteroatoms. The van der Waals surface area contributed by atoms with E-state index in [0.717, 1.165) is 76.5 Å². The van der Waals surface area contributed by atoms with E-state index in [4.69, 9.17) is 14.5 Å². The maximum absolute atomic E-state index is 5.97. The van der Waals surface area contributed by atoms with Crippen LogP contribution in [0.15, 0.2) is 4.99 Å². The Morgan fingerprint density at radius 2 is 1.80 bits per heavy atom. The summed E-state index contributed by atoms with van der Waals surface area (Å²) in [6, 6.07) is 0. The molecule has 0 aromatic heterocycles. The Balaban J connectivity index is 1.73. The number of aliphatic imine (C=N–C) groups is 1. The van der Waals surface area contributed by atoms with Crippen LogP contribution in [0.1, 0.15) is 58.8 Å². The minimum Gasteiger partial charge on any atom is -0.385 e. The monoisotopic (exact) mass is 353 g/mol. The van der Waals surface area contributed by atoms with Crippen molar-refractivity contribution in [2.24, 2.45) is 16.8 Å². The van der Waals surface area contributed by atoms with Crippen molar-refractivity contribution in [1.82, 2.24) is 10.2 Å². The number of piperidine rings is 1. The van der Waals surface area contributed by atoms with Crippen LogP contribution in [0, 0.1) is 11.8 Å². The summed E-state index contributed by atoms with van der Waals surface area (Å²) in [5, 5.41) is 3.49. The van der Waals surface area contributed by atoms with Crippen LogP contribution in [-0.2, 0) is 9.47 Å². The van der Waals surface area contributed by atoms with Crippen LogP contribution < -0.4 is 5.32 Å². The molecule has 1 aliphatic carbocycles. The van der Waals surface area contributed by atoms with Gasteiger partial charge in [0.1, 0.15) is 0 Å². The fourth-order valence-electron chi connectivity index (χ4n) is 3.84. The van der Waals surface area contributed by atoms with Gasteiger partial charge >= 0.3 is 0 Å². The first-order chi connectivity index (χ1) is 12.2. The quantitative estimate of drug-likeness (QED) is 0.413. The van der Waals surface area contributed by atoms with Crippen molar-refractivity contribution in [2.75, 3.05) is 46.5 Å². The van der Waals surface area contributed by atoms with E-state index in [1.54, 1.807) is 7.11 Å². The number of hydrogen-bond donors (Lipinski definition) is 1. The van der Waals surface area contributed by atoms with E-state index >= 15 is 0 Å². The second-order valence-corrected chi connectivity index (χ2v) is 7.72. The molecule has 2 rings (SSSR count). The highest BCUT2D eigenvalue weighted by atomic mass is 16.5. The van der Waals surface area contributed by atoms with E-state index in [0.29, 0.717) is 6.10 Å². The molecule has 1 heterocycles. The minimum absolute atomic E-state index is 0.399. The first-order valence-corrected chi connectivity index (χ1v) is 10.4. The molecule has 1 saturated carbocycles. The lowest BCUT2D eigenvalue weighted by Gasteiger charge is -2.34. The molecule has 1 aliphatic heterocycles. The van der Waals surface area contributed by atoms with E-state index in [9.17, 15) is 0 Å². The number of likely N-dealkylation sites (tertiary alicyclic amines) is 1. The average Bonchev–Trinajstić information content (AvgIpc) is 2.64. The molecule has 0 amide bonds. The van der Waals surface area contributed by atoms with Gasteiger partial charge in [-0.25, -0.2) is 0 Å². The molecule has 1 saturated heterocycles. The van der Waals surface area contributed by atoms with Crippen molar-refractivity contribution in [3.8, 4) is 0 Å². The largest absolute Gasteiger partial charge is 0.385 e. The van der Waals surface area contributed by atoms with Crippen molar-refractivity contribution in [3.05, 3.63) is 0 Å². The summed E-state index contributed by atoms with van der Waals surface area (Å²) < 4.78 is 11.0. The summed E-state index contributed by atoms with van der Waals surface area (Å²) in [4.78, 5) is 7.39. The van der Waals surface area contributed by atoms with Gasteiger partial charge in [0, 0.05) is 46.5 Å². The lowest BCUT2D eigenvalue weighted by molar-refractivity contribution is 0.00989. The van der Waals surface area contributed by atoms with Gasteiger partial charge < -0.3 is 19.7 Å². The fraction of sp³-hybridized carbons (Fsp3) is 0.950. The summed E-state index contributed by atoms with van der Waals surface area (Å²) in [6.07, 6.45) is 9.03. The Labute approximate surface area is 154 Å². The van der Waals surface area contributed by atoms with Gasteiger partial charge in [0.2, 0.25) is 0 Å². The van der Waals surface area contributed by atoms with E-state index in [-0.39, 0.29) is 0 Å². The van der Waals surface area contributed by atoms with Crippen LogP contribution in [0.25, 0.3) is 0 Å². The zero-order valence-corrected chi connectivity index (χ0v) is 16.6. The highest BCUT2D eigenvalue weighted by Gasteiger charge is 2.23. The van der Waals surface area contributed by atoms with Crippen LogP contribution in [0.2, 0.25) is 0 Å². The molecule has 2 fully saturated rings. The van der Waals surface area contributed by atoms with E-state index < -0.39 is 0 Å². The molecule has 0 spiro atoms. The third-order valence-corrected chi connectivity index (χ3v) is 5.56. The molecule has 0 bridgehead atoms. The number of nitrogens with zero attached hydrogens (tertiary/aromatic N) is 2. The second kappa shape index (κ2) is 11.7. The standard InChI is InChI=1S/C20H39N3O2/c1-4-21-20(22-16-18-8-6-17(2)7-9-18)23-12-10-19(11-13-23)25-15-5-14-24-3/h17-19H,4-16H2,1-3H3,(H,21,22). The third-order valence-electron chi connectivity index (χ3n) is 5.56. The Hall–Kier alpha value is -0.810.